The number of carbonyl (C=O) groups excluding carboxylic acids is 1. The molecule has 1 aromatic carbocycles. The number of allylic oxidation sites excluding steroid dienone is 1. The van der Waals surface area contributed by atoms with Crippen LogP contribution in [0.15, 0.2) is 36.4 Å². The lowest BCUT2D eigenvalue weighted by molar-refractivity contribution is 0.0953. The van der Waals surface area contributed by atoms with Gasteiger partial charge in [-0.3, -0.25) is 4.79 Å². The molecule has 0 atom stereocenters. The zero-order chi connectivity index (χ0) is 11.1. The Morgan fingerprint density at radius 3 is 2.87 bits per heavy atom. The monoisotopic (exact) mass is 315 g/mol. The van der Waals surface area contributed by atoms with Gasteiger partial charge in [-0.05, 0) is 48.1 Å². The first-order chi connectivity index (χ1) is 7.25. The molecule has 3 heteroatoms. The Hall–Kier alpha value is -0.840. The second-order valence-electron chi connectivity index (χ2n) is 3.09. The first kappa shape index (κ1) is 12.2. The van der Waals surface area contributed by atoms with Gasteiger partial charge in [0.2, 0.25) is 0 Å². The maximum Gasteiger partial charge on any atom is 0.252 e. The minimum absolute atomic E-state index is 0.00417. The Labute approximate surface area is 104 Å². The molecule has 0 saturated heterocycles. The largest absolute Gasteiger partial charge is 0.352 e. The molecule has 0 bridgehead atoms. The van der Waals surface area contributed by atoms with Gasteiger partial charge < -0.3 is 5.32 Å². The van der Waals surface area contributed by atoms with Crippen LogP contribution in [0.3, 0.4) is 0 Å². The highest BCUT2D eigenvalue weighted by Crippen LogP contribution is 2.10. The summed E-state index contributed by atoms with van der Waals surface area (Å²) in [5, 5.41) is 2.88. The molecule has 0 fully saturated rings. The first-order valence-electron chi connectivity index (χ1n) is 4.89. The zero-order valence-corrected chi connectivity index (χ0v) is 10.8. The Bertz CT molecular complexity index is 360. The number of benzene rings is 1. The van der Waals surface area contributed by atoms with Crippen LogP contribution in [0.4, 0.5) is 0 Å². The molecule has 0 aliphatic rings. The molecule has 0 heterocycles. The van der Waals surface area contributed by atoms with Crippen LogP contribution in [-0.4, -0.2) is 12.5 Å². The van der Waals surface area contributed by atoms with Crippen molar-refractivity contribution in [1.29, 1.82) is 0 Å². The van der Waals surface area contributed by atoms with Crippen molar-refractivity contribution in [2.75, 3.05) is 6.54 Å². The number of nitrogens with one attached hydrogen (secondary N) is 1. The third kappa shape index (κ3) is 4.03. The van der Waals surface area contributed by atoms with Gasteiger partial charge in [-0.2, -0.15) is 0 Å². The van der Waals surface area contributed by atoms with E-state index in [9.17, 15) is 4.79 Å². The van der Waals surface area contributed by atoms with E-state index >= 15 is 0 Å². The molecule has 0 radical (unpaired) electrons. The van der Waals surface area contributed by atoms with Gasteiger partial charge >= 0.3 is 0 Å². The predicted molar refractivity (Wildman–Crippen MR) is 70.9 cm³/mol. The van der Waals surface area contributed by atoms with E-state index in [0.717, 1.165) is 15.6 Å². The molecule has 0 aliphatic carbocycles. The minimum atomic E-state index is 0.00417. The van der Waals surface area contributed by atoms with Gasteiger partial charge in [0.15, 0.2) is 0 Å². The van der Waals surface area contributed by atoms with E-state index < -0.39 is 0 Å². The molecular weight excluding hydrogens is 301 g/mol. The topological polar surface area (TPSA) is 29.1 Å². The molecular formula is C12H14INO. The first-order valence-corrected chi connectivity index (χ1v) is 5.97. The Morgan fingerprint density at radius 2 is 2.20 bits per heavy atom. The quantitative estimate of drug-likeness (QED) is 0.517. The summed E-state index contributed by atoms with van der Waals surface area (Å²) in [4.78, 5) is 11.7. The molecule has 1 N–H and O–H groups in total. The summed E-state index contributed by atoms with van der Waals surface area (Å²) in [5.41, 5.74) is 0.749. The fraction of sp³-hybridized carbons (Fsp3) is 0.250. The van der Waals surface area contributed by atoms with Gasteiger partial charge in [-0.15, -0.1) is 0 Å². The normalized spacial score (nSPS) is 10.5. The van der Waals surface area contributed by atoms with Crippen molar-refractivity contribution in [1.82, 2.24) is 5.32 Å². The number of amides is 1. The van der Waals surface area contributed by atoms with Crippen molar-refractivity contribution in [2.24, 2.45) is 0 Å². The summed E-state index contributed by atoms with van der Waals surface area (Å²) in [6.07, 6.45) is 4.90. The van der Waals surface area contributed by atoms with Crippen LogP contribution < -0.4 is 5.32 Å². The molecule has 80 valence electrons. The average molecular weight is 315 g/mol. The van der Waals surface area contributed by atoms with Gasteiger partial charge in [0.1, 0.15) is 0 Å². The Kier molecular flexibility index (Phi) is 5.39. The van der Waals surface area contributed by atoms with E-state index in [2.05, 4.69) is 27.9 Å². The molecule has 1 aromatic rings. The van der Waals surface area contributed by atoms with Crippen LogP contribution in [0.5, 0.6) is 0 Å². The highest BCUT2D eigenvalue weighted by atomic mass is 127. The fourth-order valence-corrected chi connectivity index (χ4v) is 1.81. The standard InChI is InChI=1S/C12H14INO/c1-2-3-6-9-14-12(15)10-7-4-5-8-11(10)13/h2-5,7-8H,6,9H2,1H3,(H,14,15)/b3-2+. The number of hydrogen-bond acceptors (Lipinski definition) is 1. The highest BCUT2D eigenvalue weighted by molar-refractivity contribution is 14.1. The lowest BCUT2D eigenvalue weighted by atomic mass is 10.2. The molecule has 0 aromatic heterocycles. The molecule has 0 saturated carbocycles. The molecule has 15 heavy (non-hydrogen) atoms. The summed E-state index contributed by atoms with van der Waals surface area (Å²) in [5.74, 6) is 0.00417. The highest BCUT2D eigenvalue weighted by Gasteiger charge is 2.06. The SMILES string of the molecule is C/C=C/CCNC(=O)c1ccccc1I. The van der Waals surface area contributed by atoms with Crippen LogP contribution in [-0.2, 0) is 0 Å². The van der Waals surface area contributed by atoms with E-state index in [0.29, 0.717) is 6.54 Å². The number of hydrogen-bond donors (Lipinski definition) is 1. The lowest BCUT2D eigenvalue weighted by Crippen LogP contribution is -2.24. The summed E-state index contributed by atoms with van der Waals surface area (Å²) >= 11 is 2.17. The molecule has 0 spiro atoms. The van der Waals surface area contributed by atoms with E-state index in [-0.39, 0.29) is 5.91 Å². The Morgan fingerprint density at radius 1 is 1.47 bits per heavy atom. The Balaban J connectivity index is 2.51. The van der Waals surface area contributed by atoms with Crippen molar-refractivity contribution in [2.45, 2.75) is 13.3 Å². The van der Waals surface area contributed by atoms with Crippen LogP contribution >= 0.6 is 22.6 Å². The summed E-state index contributed by atoms with van der Waals surface area (Å²) in [6, 6.07) is 7.58. The van der Waals surface area contributed by atoms with Crippen LogP contribution in [0.25, 0.3) is 0 Å². The number of halogens is 1. The van der Waals surface area contributed by atoms with E-state index in [1.165, 1.54) is 0 Å². The van der Waals surface area contributed by atoms with Crippen LogP contribution in [0.2, 0.25) is 0 Å². The summed E-state index contributed by atoms with van der Waals surface area (Å²) < 4.78 is 0.985. The summed E-state index contributed by atoms with van der Waals surface area (Å²) in [7, 11) is 0. The number of rotatable bonds is 4. The van der Waals surface area contributed by atoms with Crippen LogP contribution in [0.1, 0.15) is 23.7 Å². The third-order valence-corrected chi connectivity index (χ3v) is 2.89. The van der Waals surface area contributed by atoms with Gasteiger partial charge in [0.05, 0.1) is 5.56 Å². The molecule has 0 aliphatic heterocycles. The second kappa shape index (κ2) is 6.61. The van der Waals surface area contributed by atoms with Crippen LogP contribution in [0, 0.1) is 3.57 Å². The van der Waals surface area contributed by atoms with E-state index in [1.54, 1.807) is 0 Å². The van der Waals surface area contributed by atoms with Gasteiger partial charge in [0, 0.05) is 10.1 Å². The predicted octanol–water partition coefficient (Wildman–Crippen LogP) is 2.99. The maximum atomic E-state index is 11.7. The van der Waals surface area contributed by atoms with Gasteiger partial charge in [-0.25, -0.2) is 0 Å². The third-order valence-electron chi connectivity index (χ3n) is 1.95. The fourth-order valence-electron chi connectivity index (χ4n) is 1.18. The van der Waals surface area contributed by atoms with Gasteiger partial charge in [-0.1, -0.05) is 24.3 Å². The van der Waals surface area contributed by atoms with E-state index in [1.807, 2.05) is 43.3 Å². The summed E-state index contributed by atoms with van der Waals surface area (Å²) in [6.45, 7) is 2.66. The van der Waals surface area contributed by atoms with E-state index in [4.69, 9.17) is 0 Å². The second-order valence-corrected chi connectivity index (χ2v) is 4.26. The maximum absolute atomic E-state index is 11.7. The lowest BCUT2D eigenvalue weighted by Gasteiger charge is -2.04. The van der Waals surface area contributed by atoms with Crippen molar-refractivity contribution < 1.29 is 4.79 Å². The smallest absolute Gasteiger partial charge is 0.252 e. The molecule has 1 amide bonds. The van der Waals surface area contributed by atoms with Crippen molar-refractivity contribution >= 4 is 28.5 Å². The minimum Gasteiger partial charge on any atom is -0.352 e. The van der Waals surface area contributed by atoms with Crippen molar-refractivity contribution in [3.05, 3.63) is 45.6 Å². The molecule has 2 nitrogen and oxygen atoms in total. The van der Waals surface area contributed by atoms with Gasteiger partial charge in [0.25, 0.3) is 5.91 Å². The zero-order valence-electron chi connectivity index (χ0n) is 8.66. The molecule has 1 rings (SSSR count). The van der Waals surface area contributed by atoms with Crippen molar-refractivity contribution in [3.8, 4) is 0 Å². The molecule has 0 unspecified atom stereocenters. The van der Waals surface area contributed by atoms with Crippen molar-refractivity contribution in [3.63, 3.8) is 0 Å². The number of carbonyl (C=O) groups is 1. The average Bonchev–Trinajstić information content (AvgIpc) is 2.25.